The van der Waals surface area contributed by atoms with Gasteiger partial charge in [-0.1, -0.05) is 34.1 Å². The highest BCUT2D eigenvalue weighted by Gasteiger charge is 2.22. The number of carbonyl (C=O) groups excluding carboxylic acids is 1. The van der Waals surface area contributed by atoms with Gasteiger partial charge in [-0.2, -0.15) is 12.6 Å². The van der Waals surface area contributed by atoms with Crippen LogP contribution in [0, 0.1) is 0 Å². The Bertz CT molecular complexity index is 296. The first-order chi connectivity index (χ1) is 5.58. The van der Waals surface area contributed by atoms with E-state index in [2.05, 4.69) is 28.6 Å². The normalized spacial score (nSPS) is 15.2. The van der Waals surface area contributed by atoms with Crippen LogP contribution in [0.4, 0.5) is 0 Å². The number of rotatable bonds is 2. The zero-order valence-electron chi connectivity index (χ0n) is 6.62. The second-order valence-corrected chi connectivity index (χ2v) is 4.53. The summed E-state index contributed by atoms with van der Waals surface area (Å²) in [6, 6.07) is 7.57. The van der Waals surface area contributed by atoms with Gasteiger partial charge in [0.15, 0.2) is 0 Å². The number of halogens is 1. The first-order valence-electron chi connectivity index (χ1n) is 3.51. The fourth-order valence-electron chi connectivity index (χ4n) is 0.935. The summed E-state index contributed by atoms with van der Waals surface area (Å²) in [4.78, 5) is 10.7. The van der Waals surface area contributed by atoms with Crippen molar-refractivity contribution in [3.8, 4) is 0 Å². The Morgan fingerprint density at radius 1 is 1.50 bits per heavy atom. The third kappa shape index (κ3) is 1.90. The van der Waals surface area contributed by atoms with E-state index in [1.807, 2.05) is 24.3 Å². The molecular weight excluding hydrogens is 236 g/mol. The van der Waals surface area contributed by atoms with Gasteiger partial charge in [0.05, 0.1) is 4.75 Å². The first kappa shape index (κ1) is 9.81. The van der Waals surface area contributed by atoms with Gasteiger partial charge in [-0.15, -0.1) is 0 Å². The number of carbonyl (C=O) groups is 1. The van der Waals surface area contributed by atoms with Crippen LogP contribution in [0.5, 0.6) is 0 Å². The second kappa shape index (κ2) is 3.62. The van der Waals surface area contributed by atoms with Crippen molar-refractivity contribution in [3.63, 3.8) is 0 Å². The fraction of sp³-hybridized carbons (Fsp3) is 0.222. The lowest BCUT2D eigenvalue weighted by atomic mass is 10.0. The van der Waals surface area contributed by atoms with Gasteiger partial charge in [0.25, 0.3) is 0 Å². The molecule has 0 aliphatic rings. The molecule has 0 aromatic heterocycles. The summed E-state index contributed by atoms with van der Waals surface area (Å²) in [5.74, 6) is 0. The van der Waals surface area contributed by atoms with E-state index in [4.69, 9.17) is 0 Å². The van der Waals surface area contributed by atoms with Crippen LogP contribution in [0.3, 0.4) is 0 Å². The van der Waals surface area contributed by atoms with Gasteiger partial charge in [-0.3, -0.25) is 0 Å². The van der Waals surface area contributed by atoms with Crippen molar-refractivity contribution in [2.45, 2.75) is 11.7 Å². The molecule has 0 fully saturated rings. The molecule has 1 rings (SSSR count). The fourth-order valence-corrected chi connectivity index (χ4v) is 1.98. The van der Waals surface area contributed by atoms with Gasteiger partial charge >= 0.3 is 0 Å². The monoisotopic (exact) mass is 244 g/mol. The SMILES string of the molecule is CC(S)(C=O)c1ccccc1Br. The van der Waals surface area contributed by atoms with Crippen LogP contribution in [0.25, 0.3) is 0 Å². The number of hydrogen-bond donors (Lipinski definition) is 1. The Morgan fingerprint density at radius 2 is 2.08 bits per heavy atom. The van der Waals surface area contributed by atoms with Crippen LogP contribution in [-0.2, 0) is 9.54 Å². The summed E-state index contributed by atoms with van der Waals surface area (Å²) in [5, 5.41) is 0. The molecule has 1 unspecified atom stereocenters. The van der Waals surface area contributed by atoms with Crippen LogP contribution >= 0.6 is 28.6 Å². The third-order valence-corrected chi connectivity index (χ3v) is 2.69. The molecule has 0 N–H and O–H groups in total. The van der Waals surface area contributed by atoms with Gasteiger partial charge in [0.1, 0.15) is 6.29 Å². The van der Waals surface area contributed by atoms with Crippen molar-refractivity contribution in [1.29, 1.82) is 0 Å². The van der Waals surface area contributed by atoms with E-state index in [9.17, 15) is 4.79 Å². The Labute approximate surface area is 85.7 Å². The molecule has 3 heteroatoms. The maximum Gasteiger partial charge on any atom is 0.139 e. The van der Waals surface area contributed by atoms with E-state index in [0.717, 1.165) is 16.3 Å². The molecule has 0 heterocycles. The minimum absolute atomic E-state index is 0.708. The summed E-state index contributed by atoms with van der Waals surface area (Å²) >= 11 is 7.61. The number of thiol groups is 1. The second-order valence-electron chi connectivity index (χ2n) is 2.75. The summed E-state index contributed by atoms with van der Waals surface area (Å²) < 4.78 is 0.203. The number of benzene rings is 1. The predicted molar refractivity (Wildman–Crippen MR) is 56.5 cm³/mol. The van der Waals surface area contributed by atoms with Crippen LogP contribution in [0.15, 0.2) is 28.7 Å². The van der Waals surface area contributed by atoms with Crippen molar-refractivity contribution in [2.24, 2.45) is 0 Å². The van der Waals surface area contributed by atoms with E-state index in [1.165, 1.54) is 0 Å². The molecular formula is C9H9BrOS. The van der Waals surface area contributed by atoms with Crippen molar-refractivity contribution in [2.75, 3.05) is 0 Å². The van der Waals surface area contributed by atoms with Crippen molar-refractivity contribution in [1.82, 2.24) is 0 Å². The Balaban J connectivity index is 3.19. The molecule has 0 saturated carbocycles. The van der Waals surface area contributed by atoms with E-state index in [-0.39, 0.29) is 0 Å². The lowest BCUT2D eigenvalue weighted by Crippen LogP contribution is -2.15. The van der Waals surface area contributed by atoms with E-state index in [1.54, 1.807) is 6.92 Å². The largest absolute Gasteiger partial charge is 0.301 e. The smallest absolute Gasteiger partial charge is 0.139 e. The van der Waals surface area contributed by atoms with Crippen LogP contribution in [-0.4, -0.2) is 6.29 Å². The quantitative estimate of drug-likeness (QED) is 0.626. The van der Waals surface area contributed by atoms with Crippen LogP contribution in [0.1, 0.15) is 12.5 Å². The number of hydrogen-bond acceptors (Lipinski definition) is 2. The van der Waals surface area contributed by atoms with Crippen molar-refractivity contribution < 1.29 is 4.79 Å². The van der Waals surface area contributed by atoms with Crippen molar-refractivity contribution in [3.05, 3.63) is 34.3 Å². The molecule has 0 amide bonds. The highest BCUT2D eigenvalue weighted by molar-refractivity contribution is 9.10. The minimum atomic E-state index is -0.708. The van der Waals surface area contributed by atoms with E-state index < -0.39 is 4.75 Å². The van der Waals surface area contributed by atoms with Gasteiger partial charge < -0.3 is 4.79 Å². The van der Waals surface area contributed by atoms with E-state index >= 15 is 0 Å². The average molecular weight is 245 g/mol. The van der Waals surface area contributed by atoms with Crippen LogP contribution < -0.4 is 0 Å². The minimum Gasteiger partial charge on any atom is -0.301 e. The molecule has 1 aromatic rings. The van der Waals surface area contributed by atoms with Crippen molar-refractivity contribution >= 4 is 34.8 Å². The molecule has 1 aromatic carbocycles. The molecule has 0 bridgehead atoms. The molecule has 1 nitrogen and oxygen atoms in total. The zero-order chi connectivity index (χ0) is 9.19. The Morgan fingerprint density at radius 3 is 2.58 bits per heavy atom. The maximum atomic E-state index is 10.7. The molecule has 0 aliphatic heterocycles. The third-order valence-electron chi connectivity index (χ3n) is 1.65. The number of aldehydes is 1. The molecule has 0 radical (unpaired) electrons. The summed E-state index contributed by atoms with van der Waals surface area (Å²) in [7, 11) is 0. The molecule has 0 spiro atoms. The van der Waals surface area contributed by atoms with Gasteiger partial charge in [0, 0.05) is 4.47 Å². The predicted octanol–water partition coefficient (Wildman–Crippen LogP) is 2.79. The van der Waals surface area contributed by atoms with E-state index in [0.29, 0.717) is 0 Å². The Hall–Kier alpha value is -0.280. The molecule has 64 valence electrons. The molecule has 12 heavy (non-hydrogen) atoms. The summed E-state index contributed by atoms with van der Waals surface area (Å²) in [6.45, 7) is 1.77. The topological polar surface area (TPSA) is 17.1 Å². The highest BCUT2D eigenvalue weighted by atomic mass is 79.9. The van der Waals surface area contributed by atoms with Crippen LogP contribution in [0.2, 0.25) is 0 Å². The van der Waals surface area contributed by atoms with Gasteiger partial charge in [-0.25, -0.2) is 0 Å². The average Bonchev–Trinajstić information content (AvgIpc) is 2.05. The zero-order valence-corrected chi connectivity index (χ0v) is 9.10. The standard InChI is InChI=1S/C9H9BrOS/c1-9(12,6-11)7-4-2-3-5-8(7)10/h2-6,12H,1H3. The Kier molecular flexibility index (Phi) is 2.96. The lowest BCUT2D eigenvalue weighted by molar-refractivity contribution is -0.109. The summed E-state index contributed by atoms with van der Waals surface area (Å²) in [6.07, 6.45) is 0.830. The molecule has 1 atom stereocenters. The first-order valence-corrected chi connectivity index (χ1v) is 4.75. The van der Waals surface area contributed by atoms with Gasteiger partial charge in [-0.05, 0) is 18.6 Å². The highest BCUT2D eigenvalue weighted by Crippen LogP contribution is 2.31. The maximum absolute atomic E-state index is 10.7. The lowest BCUT2D eigenvalue weighted by Gasteiger charge is -2.17. The summed E-state index contributed by atoms with van der Waals surface area (Å²) in [5.41, 5.74) is 0.892. The van der Waals surface area contributed by atoms with Gasteiger partial charge in [0.2, 0.25) is 0 Å². The molecule has 0 saturated heterocycles. The molecule has 0 aliphatic carbocycles.